The lowest BCUT2D eigenvalue weighted by Gasteiger charge is -2.48. The van der Waals surface area contributed by atoms with E-state index >= 15 is 0 Å². The van der Waals surface area contributed by atoms with Crippen LogP contribution in [0.25, 0.3) is 0 Å². The quantitative estimate of drug-likeness (QED) is 0.227. The molecule has 1 aliphatic carbocycles. The first-order valence-corrected chi connectivity index (χ1v) is 16.4. The van der Waals surface area contributed by atoms with E-state index in [4.69, 9.17) is 27.9 Å². The number of rotatable bonds is 11. The predicted molar refractivity (Wildman–Crippen MR) is 175 cm³/mol. The zero-order valence-corrected chi connectivity index (χ0v) is 27.1. The van der Waals surface area contributed by atoms with Crippen molar-refractivity contribution >= 4 is 41.0 Å². The molecule has 0 aromatic heterocycles. The molecule has 1 heterocycles. The van der Waals surface area contributed by atoms with Crippen molar-refractivity contribution < 1.29 is 24.2 Å². The summed E-state index contributed by atoms with van der Waals surface area (Å²) in [4.78, 5) is 42.7. The van der Waals surface area contributed by atoms with Gasteiger partial charge in [0.05, 0.1) is 23.1 Å². The van der Waals surface area contributed by atoms with Gasteiger partial charge in [0.1, 0.15) is 18.2 Å². The van der Waals surface area contributed by atoms with E-state index in [1.807, 2.05) is 31.2 Å². The average molecular weight is 663 g/mol. The molecule has 2 N–H and O–H groups in total. The number of carbonyl (C=O) groups excluding carboxylic acids is 2. The first-order valence-electron chi connectivity index (χ1n) is 15.6. The molecule has 1 saturated carbocycles. The maximum atomic E-state index is 14.6. The topological polar surface area (TPSA) is 120 Å². The van der Waals surface area contributed by atoms with Crippen LogP contribution in [0.1, 0.15) is 79.8 Å². The van der Waals surface area contributed by atoms with Gasteiger partial charge in [-0.05, 0) is 72.4 Å². The van der Waals surface area contributed by atoms with Gasteiger partial charge in [0, 0.05) is 23.0 Å². The Bertz CT molecular complexity index is 1580. The van der Waals surface area contributed by atoms with Gasteiger partial charge in [-0.3, -0.25) is 14.4 Å². The molecular weight excluding hydrogens is 625 g/mol. The molecule has 5 rings (SSSR count). The fourth-order valence-corrected chi connectivity index (χ4v) is 6.89. The first kappa shape index (κ1) is 33.5. The van der Waals surface area contributed by atoms with E-state index in [1.165, 1.54) is 0 Å². The van der Waals surface area contributed by atoms with Crippen LogP contribution in [0.15, 0.2) is 72.8 Å². The predicted octanol–water partition coefficient (Wildman–Crippen LogP) is 7.05. The van der Waals surface area contributed by atoms with Crippen molar-refractivity contribution in [2.24, 2.45) is 5.41 Å². The van der Waals surface area contributed by atoms with Crippen LogP contribution in [0.4, 0.5) is 0 Å². The highest BCUT2D eigenvalue weighted by Crippen LogP contribution is 2.45. The zero-order valence-electron chi connectivity index (χ0n) is 25.6. The number of nitriles is 1. The summed E-state index contributed by atoms with van der Waals surface area (Å²) in [6.45, 7) is 1.95. The van der Waals surface area contributed by atoms with Gasteiger partial charge in [-0.25, -0.2) is 0 Å². The molecule has 8 nitrogen and oxygen atoms in total. The third-order valence-corrected chi connectivity index (χ3v) is 9.66. The van der Waals surface area contributed by atoms with Crippen LogP contribution in [0, 0.1) is 16.7 Å². The SMILES string of the molecule is CCCC(C(=O)NCC1(C(=O)O)CCCC1)N1C(=O)[C@H](Cc2ccc(C#N)cc2)O[C@@H](c2ccc(Cl)cc2)[C@H]1c1ccc(Cl)cc1. The van der Waals surface area contributed by atoms with Gasteiger partial charge in [-0.2, -0.15) is 5.26 Å². The highest BCUT2D eigenvalue weighted by atomic mass is 35.5. The Morgan fingerprint density at radius 2 is 1.59 bits per heavy atom. The molecule has 0 bridgehead atoms. The number of hydrogen-bond acceptors (Lipinski definition) is 5. The molecule has 240 valence electrons. The maximum absolute atomic E-state index is 14.6. The molecule has 0 radical (unpaired) electrons. The third kappa shape index (κ3) is 7.23. The zero-order chi connectivity index (χ0) is 32.8. The van der Waals surface area contributed by atoms with Gasteiger partial charge >= 0.3 is 5.97 Å². The molecule has 3 aromatic carbocycles. The van der Waals surface area contributed by atoms with Gasteiger partial charge in [0.25, 0.3) is 5.91 Å². The van der Waals surface area contributed by atoms with Crippen LogP contribution >= 0.6 is 23.2 Å². The monoisotopic (exact) mass is 661 g/mol. The number of morpholine rings is 1. The minimum absolute atomic E-state index is 0.000799. The summed E-state index contributed by atoms with van der Waals surface area (Å²) in [5.41, 5.74) is 1.81. The molecule has 1 aliphatic heterocycles. The Morgan fingerprint density at radius 3 is 2.13 bits per heavy atom. The van der Waals surface area contributed by atoms with Gasteiger partial charge in [0.15, 0.2) is 0 Å². The molecule has 10 heteroatoms. The van der Waals surface area contributed by atoms with E-state index in [2.05, 4.69) is 11.4 Å². The van der Waals surface area contributed by atoms with E-state index in [0.29, 0.717) is 41.3 Å². The summed E-state index contributed by atoms with van der Waals surface area (Å²) < 4.78 is 6.67. The van der Waals surface area contributed by atoms with Crippen LogP contribution in [0.3, 0.4) is 0 Å². The van der Waals surface area contributed by atoms with Crippen LogP contribution < -0.4 is 5.32 Å². The Balaban J connectivity index is 1.58. The fraction of sp³-hybridized carbons (Fsp3) is 0.389. The number of carboxylic acids is 1. The molecule has 1 saturated heterocycles. The van der Waals surface area contributed by atoms with E-state index in [1.54, 1.807) is 53.4 Å². The number of aliphatic carboxylic acids is 1. The Hall–Kier alpha value is -3.90. The van der Waals surface area contributed by atoms with Crippen molar-refractivity contribution in [2.45, 2.75) is 76.2 Å². The van der Waals surface area contributed by atoms with Crippen LogP contribution in [0.5, 0.6) is 0 Å². The normalized spacial score (nSPS) is 21.4. The van der Waals surface area contributed by atoms with Crippen LogP contribution in [-0.4, -0.2) is 46.5 Å². The lowest BCUT2D eigenvalue weighted by molar-refractivity contribution is -0.181. The lowest BCUT2D eigenvalue weighted by Crippen LogP contribution is -2.59. The average Bonchev–Trinajstić information content (AvgIpc) is 3.55. The fourth-order valence-electron chi connectivity index (χ4n) is 6.64. The number of hydrogen-bond donors (Lipinski definition) is 2. The van der Waals surface area contributed by atoms with Crippen LogP contribution in [0.2, 0.25) is 10.0 Å². The smallest absolute Gasteiger partial charge is 0.311 e. The lowest BCUT2D eigenvalue weighted by atomic mass is 9.86. The molecule has 46 heavy (non-hydrogen) atoms. The number of nitrogens with one attached hydrogen (secondary N) is 1. The highest BCUT2D eigenvalue weighted by Gasteiger charge is 2.49. The minimum Gasteiger partial charge on any atom is -0.481 e. The molecule has 3 aromatic rings. The van der Waals surface area contributed by atoms with Crippen molar-refractivity contribution in [1.29, 1.82) is 5.26 Å². The van der Waals surface area contributed by atoms with E-state index in [-0.39, 0.29) is 18.9 Å². The summed E-state index contributed by atoms with van der Waals surface area (Å²) >= 11 is 12.5. The third-order valence-electron chi connectivity index (χ3n) is 9.16. The van der Waals surface area contributed by atoms with Crippen molar-refractivity contribution in [3.8, 4) is 6.07 Å². The van der Waals surface area contributed by atoms with Crippen molar-refractivity contribution in [3.63, 3.8) is 0 Å². The van der Waals surface area contributed by atoms with Crippen molar-refractivity contribution in [3.05, 3.63) is 105 Å². The number of halogens is 2. The largest absolute Gasteiger partial charge is 0.481 e. The summed E-state index contributed by atoms with van der Waals surface area (Å²) in [5.74, 6) is -1.66. The number of ether oxygens (including phenoxy) is 1. The molecule has 2 fully saturated rings. The van der Waals surface area contributed by atoms with E-state index in [9.17, 15) is 24.8 Å². The standard InChI is InChI=1S/C36H37Cl2N3O5/c1-2-5-29(33(42)40-22-36(35(44)45)18-3-4-19-36)41-31(25-10-14-27(37)15-11-25)32(26-12-16-28(38)17-13-26)46-30(34(41)43)20-23-6-8-24(21-39)9-7-23/h6-17,29-32H,2-5,18-20,22H2,1H3,(H,40,42)(H,44,45)/t29?,30-,31+,32-/m0/s1. The van der Waals surface area contributed by atoms with E-state index in [0.717, 1.165) is 29.5 Å². The number of amides is 2. The maximum Gasteiger partial charge on any atom is 0.311 e. The van der Waals surface area contributed by atoms with Crippen LogP contribution in [-0.2, 0) is 25.5 Å². The number of benzene rings is 3. The van der Waals surface area contributed by atoms with Crippen molar-refractivity contribution in [2.75, 3.05) is 6.54 Å². The summed E-state index contributed by atoms with van der Waals surface area (Å²) in [7, 11) is 0. The highest BCUT2D eigenvalue weighted by molar-refractivity contribution is 6.30. The second kappa shape index (κ2) is 14.7. The van der Waals surface area contributed by atoms with Gasteiger partial charge in [0.2, 0.25) is 5.91 Å². The second-order valence-electron chi connectivity index (χ2n) is 12.2. The molecule has 2 aliphatic rings. The summed E-state index contributed by atoms with van der Waals surface area (Å²) in [6, 6.07) is 21.9. The first-order chi connectivity index (χ1) is 22.2. The Morgan fingerprint density at radius 1 is 1.00 bits per heavy atom. The number of nitrogens with zero attached hydrogens (tertiary/aromatic N) is 2. The molecule has 1 unspecified atom stereocenters. The number of carboxylic acid groups (broad SMARTS) is 1. The van der Waals surface area contributed by atoms with Crippen molar-refractivity contribution in [1.82, 2.24) is 10.2 Å². The Kier molecular flexibility index (Phi) is 10.7. The Labute approximate surface area is 279 Å². The van der Waals surface area contributed by atoms with Gasteiger partial charge < -0.3 is 20.1 Å². The molecule has 0 spiro atoms. The molecular formula is C36H37Cl2N3O5. The molecule has 4 atom stereocenters. The summed E-state index contributed by atoms with van der Waals surface area (Å²) in [6.07, 6.45) is 2.15. The van der Waals surface area contributed by atoms with E-state index < -0.39 is 41.6 Å². The number of carbonyl (C=O) groups is 3. The summed E-state index contributed by atoms with van der Waals surface area (Å²) in [5, 5.41) is 23.3. The minimum atomic E-state index is -1.01. The second-order valence-corrected chi connectivity index (χ2v) is 13.0. The van der Waals surface area contributed by atoms with Gasteiger partial charge in [-0.15, -0.1) is 0 Å². The molecule has 2 amide bonds. The van der Waals surface area contributed by atoms with Gasteiger partial charge in [-0.1, -0.05) is 85.8 Å².